The lowest BCUT2D eigenvalue weighted by Gasteiger charge is -2.20. The van der Waals surface area contributed by atoms with Gasteiger partial charge in [0.2, 0.25) is 0 Å². The number of likely N-dealkylation sites (N-methyl/N-ethyl adjacent to an activating group) is 1. The molecule has 206 valence electrons. The molecule has 0 aliphatic rings. The van der Waals surface area contributed by atoms with Crippen LogP contribution in [0.25, 0.3) is 0 Å². The number of benzene rings is 4. The van der Waals surface area contributed by atoms with Crippen LogP contribution >= 0.6 is 23.2 Å². The van der Waals surface area contributed by atoms with Gasteiger partial charge in [0.25, 0.3) is 21.6 Å². The van der Waals surface area contributed by atoms with Crippen LogP contribution in [0.4, 0.5) is 11.4 Å². The predicted octanol–water partition coefficient (Wildman–Crippen LogP) is 6.81. The van der Waals surface area contributed by atoms with Crippen molar-refractivity contribution in [3.8, 4) is 11.5 Å². The Morgan fingerprint density at radius 2 is 1.65 bits per heavy atom. The zero-order valence-electron chi connectivity index (χ0n) is 21.1. The van der Waals surface area contributed by atoms with Crippen molar-refractivity contribution < 1.29 is 22.9 Å². The predicted molar refractivity (Wildman–Crippen MR) is 154 cm³/mol. The van der Waals surface area contributed by atoms with Crippen LogP contribution in [0.15, 0.2) is 95.9 Å². The molecule has 1 amide bonds. The second-order valence-electron chi connectivity index (χ2n) is 8.70. The van der Waals surface area contributed by atoms with Gasteiger partial charge in [0, 0.05) is 30.7 Å². The summed E-state index contributed by atoms with van der Waals surface area (Å²) in [6, 6.07) is 23.0. The first-order chi connectivity index (χ1) is 19.0. The fourth-order valence-electron chi connectivity index (χ4n) is 3.72. The van der Waals surface area contributed by atoms with Crippen LogP contribution in [0.3, 0.4) is 0 Å². The van der Waals surface area contributed by atoms with Crippen molar-refractivity contribution in [2.75, 3.05) is 18.3 Å². The van der Waals surface area contributed by atoms with E-state index < -0.39 is 20.9 Å². The number of nitrogens with one attached hydrogen (secondary N) is 1. The van der Waals surface area contributed by atoms with Gasteiger partial charge in [0.15, 0.2) is 0 Å². The minimum atomic E-state index is -4.07. The number of anilines is 1. The number of para-hydroxylation sites is 1. The monoisotopic (exact) mass is 599 g/mol. The summed E-state index contributed by atoms with van der Waals surface area (Å²) in [5, 5.41) is 11.5. The maximum absolute atomic E-state index is 13.3. The summed E-state index contributed by atoms with van der Waals surface area (Å²) < 4.78 is 34.5. The van der Waals surface area contributed by atoms with E-state index in [1.165, 1.54) is 59.5 Å². The SMILES string of the molecule is CN(CCc1ccc([N+](=O)[O-])cc1)C(=O)c1cc(Cl)ccc1NS(=O)(=O)c1ccc(Oc2ccccc2Cl)cc1. The van der Waals surface area contributed by atoms with E-state index in [4.69, 9.17) is 27.9 Å². The third kappa shape index (κ3) is 7.09. The molecular formula is C28H23Cl2N3O6S. The number of ether oxygens (including phenoxy) is 1. The first-order valence-electron chi connectivity index (χ1n) is 11.9. The molecule has 4 rings (SSSR count). The Balaban J connectivity index is 1.47. The van der Waals surface area contributed by atoms with Crippen molar-refractivity contribution in [2.45, 2.75) is 11.3 Å². The summed E-state index contributed by atoms with van der Waals surface area (Å²) in [5.74, 6) is 0.370. The highest BCUT2D eigenvalue weighted by Gasteiger charge is 2.22. The highest BCUT2D eigenvalue weighted by molar-refractivity contribution is 7.92. The molecule has 0 saturated carbocycles. The number of hydrogen-bond acceptors (Lipinski definition) is 6. The van der Waals surface area contributed by atoms with Gasteiger partial charge in [-0.25, -0.2) is 8.42 Å². The maximum atomic E-state index is 13.3. The van der Waals surface area contributed by atoms with Crippen LogP contribution in [0.5, 0.6) is 11.5 Å². The number of sulfonamides is 1. The van der Waals surface area contributed by atoms with Gasteiger partial charge in [-0.2, -0.15) is 0 Å². The highest BCUT2D eigenvalue weighted by atomic mass is 35.5. The number of nitro benzene ring substituents is 1. The zero-order valence-corrected chi connectivity index (χ0v) is 23.4. The topological polar surface area (TPSA) is 119 Å². The van der Waals surface area contributed by atoms with Gasteiger partial charge in [-0.15, -0.1) is 0 Å². The Morgan fingerprint density at radius 3 is 2.30 bits per heavy atom. The smallest absolute Gasteiger partial charge is 0.269 e. The highest BCUT2D eigenvalue weighted by Crippen LogP contribution is 2.30. The Kier molecular flexibility index (Phi) is 8.93. The number of carbonyl (C=O) groups is 1. The van der Waals surface area contributed by atoms with Crippen LogP contribution in [0.1, 0.15) is 15.9 Å². The van der Waals surface area contributed by atoms with Crippen molar-refractivity contribution in [1.82, 2.24) is 4.90 Å². The van der Waals surface area contributed by atoms with E-state index in [2.05, 4.69) is 4.72 Å². The molecule has 40 heavy (non-hydrogen) atoms. The fraction of sp³-hybridized carbons (Fsp3) is 0.107. The van der Waals surface area contributed by atoms with Crippen LogP contribution in [0, 0.1) is 10.1 Å². The van der Waals surface area contributed by atoms with Gasteiger partial charge in [-0.1, -0.05) is 47.5 Å². The third-order valence-electron chi connectivity index (χ3n) is 5.88. The summed E-state index contributed by atoms with van der Waals surface area (Å²) >= 11 is 12.3. The summed E-state index contributed by atoms with van der Waals surface area (Å²) in [5.41, 5.74) is 0.917. The molecular weight excluding hydrogens is 577 g/mol. The van der Waals surface area contributed by atoms with Gasteiger partial charge >= 0.3 is 0 Å². The van der Waals surface area contributed by atoms with Crippen LogP contribution < -0.4 is 9.46 Å². The summed E-state index contributed by atoms with van der Waals surface area (Å²) in [6.07, 6.45) is 0.435. The lowest BCUT2D eigenvalue weighted by molar-refractivity contribution is -0.384. The minimum Gasteiger partial charge on any atom is -0.456 e. The average Bonchev–Trinajstić information content (AvgIpc) is 2.94. The number of nitrogens with zero attached hydrogens (tertiary/aromatic N) is 2. The average molecular weight is 600 g/mol. The van der Waals surface area contributed by atoms with Crippen molar-refractivity contribution in [2.24, 2.45) is 0 Å². The Bertz CT molecular complexity index is 1650. The van der Waals surface area contributed by atoms with Gasteiger partial charge in [-0.05, 0) is 66.6 Å². The zero-order chi connectivity index (χ0) is 28.9. The Labute approximate surface area is 241 Å². The second-order valence-corrected chi connectivity index (χ2v) is 11.2. The summed E-state index contributed by atoms with van der Waals surface area (Å²) in [4.78, 5) is 25.0. The molecule has 0 spiro atoms. The maximum Gasteiger partial charge on any atom is 0.269 e. The van der Waals surface area contributed by atoms with Crippen LogP contribution in [-0.2, 0) is 16.4 Å². The lowest BCUT2D eigenvalue weighted by atomic mass is 10.1. The Morgan fingerprint density at radius 1 is 0.975 bits per heavy atom. The molecule has 4 aromatic rings. The van der Waals surface area contributed by atoms with E-state index in [1.54, 1.807) is 43.4 Å². The number of carbonyl (C=O) groups excluding carboxylic acids is 1. The number of amides is 1. The van der Waals surface area contributed by atoms with Gasteiger partial charge in [-0.3, -0.25) is 19.6 Å². The van der Waals surface area contributed by atoms with Crippen molar-refractivity contribution in [3.63, 3.8) is 0 Å². The van der Waals surface area contributed by atoms with Crippen LogP contribution in [-0.4, -0.2) is 37.7 Å². The molecule has 12 heteroatoms. The van der Waals surface area contributed by atoms with E-state index in [0.29, 0.717) is 22.9 Å². The minimum absolute atomic E-state index is 0.0215. The quantitative estimate of drug-likeness (QED) is 0.158. The van der Waals surface area contributed by atoms with Gasteiger partial charge in [0.1, 0.15) is 11.5 Å². The molecule has 4 aromatic carbocycles. The number of hydrogen-bond donors (Lipinski definition) is 1. The largest absolute Gasteiger partial charge is 0.456 e. The summed E-state index contributed by atoms with van der Waals surface area (Å²) in [7, 11) is -2.50. The molecule has 0 unspecified atom stereocenters. The normalized spacial score (nSPS) is 11.1. The third-order valence-corrected chi connectivity index (χ3v) is 7.81. The second kappa shape index (κ2) is 12.4. The number of rotatable bonds is 10. The van der Waals surface area contributed by atoms with Crippen molar-refractivity contribution in [3.05, 3.63) is 122 Å². The van der Waals surface area contributed by atoms with E-state index in [0.717, 1.165) is 5.56 Å². The molecule has 0 aliphatic heterocycles. The molecule has 0 aromatic heterocycles. The van der Waals surface area contributed by atoms with E-state index in [-0.39, 0.29) is 33.4 Å². The standard InChI is InChI=1S/C28H23Cl2N3O6S/c1-32(17-16-19-6-9-21(10-7-19)33(35)36)28(34)24-18-20(29)8-15-26(24)31-40(37,38)23-13-11-22(12-14-23)39-27-5-3-2-4-25(27)30/h2-15,18,31H,16-17H2,1H3. The van der Waals surface area contributed by atoms with Gasteiger partial charge < -0.3 is 9.64 Å². The van der Waals surface area contributed by atoms with Gasteiger partial charge in [0.05, 0.1) is 26.1 Å². The molecule has 9 nitrogen and oxygen atoms in total. The summed E-state index contributed by atoms with van der Waals surface area (Å²) in [6.45, 7) is 0.280. The van der Waals surface area contributed by atoms with Crippen molar-refractivity contribution >= 4 is 50.5 Å². The molecule has 0 bridgehead atoms. The van der Waals surface area contributed by atoms with E-state index in [9.17, 15) is 23.3 Å². The first kappa shape index (κ1) is 28.9. The number of non-ortho nitro benzene ring substituents is 1. The molecule has 0 heterocycles. The van der Waals surface area contributed by atoms with Crippen molar-refractivity contribution in [1.29, 1.82) is 0 Å². The number of nitro groups is 1. The molecule has 1 N–H and O–H groups in total. The molecule has 0 radical (unpaired) electrons. The van der Waals surface area contributed by atoms with E-state index in [1.807, 2.05) is 0 Å². The van der Waals surface area contributed by atoms with Crippen LogP contribution in [0.2, 0.25) is 10.0 Å². The number of halogens is 2. The first-order valence-corrected chi connectivity index (χ1v) is 14.1. The molecule has 0 aliphatic carbocycles. The van der Waals surface area contributed by atoms with E-state index >= 15 is 0 Å². The fourth-order valence-corrected chi connectivity index (χ4v) is 5.14. The molecule has 0 saturated heterocycles. The molecule has 0 atom stereocenters. The lowest BCUT2D eigenvalue weighted by Crippen LogP contribution is -2.30. The molecule has 0 fully saturated rings. The Hall–Kier alpha value is -4.12.